The van der Waals surface area contributed by atoms with E-state index in [4.69, 9.17) is 0 Å². The topological polar surface area (TPSA) is 6.48 Å². The van der Waals surface area contributed by atoms with Gasteiger partial charge in [0.1, 0.15) is 0 Å². The van der Waals surface area contributed by atoms with Crippen LogP contribution in [-0.4, -0.2) is 37.1 Å². The molecule has 2 atom stereocenters. The monoisotopic (exact) mass is 374 g/mol. The van der Waals surface area contributed by atoms with Gasteiger partial charge in [-0.15, -0.1) is 0 Å². The molecule has 2 aliphatic heterocycles. The Balaban J connectivity index is 0.000000541. The molecule has 3 rings (SSSR count). The molecule has 2 fully saturated rings. The highest BCUT2D eigenvalue weighted by Gasteiger charge is 2.27. The van der Waals surface area contributed by atoms with Crippen molar-refractivity contribution in [3.8, 4) is 0 Å². The molecule has 2 unspecified atom stereocenters. The Morgan fingerprint density at radius 3 is 1.96 bits per heavy atom. The van der Waals surface area contributed by atoms with Crippen molar-refractivity contribution in [3.05, 3.63) is 30.3 Å². The SMILES string of the molecule is CC.CC(C)C.CC1CCN(CC2CCN(c3ccccc3)C(C)C2)CC1. The maximum atomic E-state index is 2.72. The van der Waals surface area contributed by atoms with Gasteiger partial charge >= 0.3 is 0 Å². The zero-order chi connectivity index (χ0) is 20.2. The molecule has 2 heteroatoms. The summed E-state index contributed by atoms with van der Waals surface area (Å²) in [5.41, 5.74) is 1.40. The Kier molecular flexibility index (Phi) is 11.7. The van der Waals surface area contributed by atoms with Gasteiger partial charge in [0.2, 0.25) is 0 Å². The number of nitrogens with zero attached hydrogens (tertiary/aromatic N) is 2. The second-order valence-corrected chi connectivity index (χ2v) is 8.98. The molecule has 156 valence electrons. The summed E-state index contributed by atoms with van der Waals surface area (Å²) >= 11 is 0. The van der Waals surface area contributed by atoms with E-state index in [1.54, 1.807) is 0 Å². The van der Waals surface area contributed by atoms with E-state index in [-0.39, 0.29) is 0 Å². The summed E-state index contributed by atoms with van der Waals surface area (Å²) in [4.78, 5) is 5.31. The molecule has 0 bridgehead atoms. The number of rotatable bonds is 3. The molecule has 0 aromatic heterocycles. The third kappa shape index (κ3) is 9.14. The molecule has 0 N–H and O–H groups in total. The minimum Gasteiger partial charge on any atom is -0.369 e. The molecule has 2 nitrogen and oxygen atoms in total. The first-order chi connectivity index (χ1) is 13.0. The van der Waals surface area contributed by atoms with Crippen molar-refractivity contribution in [1.82, 2.24) is 4.90 Å². The van der Waals surface area contributed by atoms with Crippen LogP contribution >= 0.6 is 0 Å². The fourth-order valence-electron chi connectivity index (χ4n) is 4.05. The maximum Gasteiger partial charge on any atom is 0.0368 e. The quantitative estimate of drug-likeness (QED) is 0.580. The van der Waals surface area contributed by atoms with Crippen LogP contribution in [0.2, 0.25) is 0 Å². The molecule has 27 heavy (non-hydrogen) atoms. The van der Waals surface area contributed by atoms with E-state index in [1.807, 2.05) is 13.8 Å². The number of anilines is 1. The smallest absolute Gasteiger partial charge is 0.0368 e. The Morgan fingerprint density at radius 1 is 0.889 bits per heavy atom. The van der Waals surface area contributed by atoms with Crippen LogP contribution in [0.1, 0.15) is 74.1 Å². The van der Waals surface area contributed by atoms with E-state index in [0.717, 1.165) is 17.8 Å². The van der Waals surface area contributed by atoms with Crippen LogP contribution in [0.25, 0.3) is 0 Å². The molecule has 2 heterocycles. The van der Waals surface area contributed by atoms with Crippen molar-refractivity contribution in [2.45, 2.75) is 80.2 Å². The highest BCUT2D eigenvalue weighted by atomic mass is 15.2. The highest BCUT2D eigenvalue weighted by molar-refractivity contribution is 5.47. The number of likely N-dealkylation sites (tertiary alicyclic amines) is 1. The van der Waals surface area contributed by atoms with E-state index < -0.39 is 0 Å². The van der Waals surface area contributed by atoms with E-state index >= 15 is 0 Å². The van der Waals surface area contributed by atoms with Gasteiger partial charge in [-0.3, -0.25) is 0 Å². The minimum atomic E-state index is 0.676. The van der Waals surface area contributed by atoms with E-state index in [2.05, 4.69) is 74.8 Å². The molecular formula is C25H46N2. The van der Waals surface area contributed by atoms with Crippen molar-refractivity contribution in [2.24, 2.45) is 17.8 Å². The van der Waals surface area contributed by atoms with Crippen LogP contribution < -0.4 is 4.90 Å². The van der Waals surface area contributed by atoms with Crippen LogP contribution in [0.3, 0.4) is 0 Å². The third-order valence-corrected chi connectivity index (χ3v) is 5.47. The summed E-state index contributed by atoms with van der Waals surface area (Å²) in [7, 11) is 0. The maximum absolute atomic E-state index is 2.72. The average Bonchev–Trinajstić information content (AvgIpc) is 2.66. The standard InChI is InChI=1S/C19H30N2.C4H10.C2H6/c1-16-8-11-20(12-9-16)15-18-10-13-21(17(2)14-18)19-6-4-3-5-7-19;1-4(2)3;1-2/h3-7,16-18H,8-15H2,1-2H3;4H,1-3H3;1-2H3. The first-order valence-corrected chi connectivity index (χ1v) is 11.5. The highest BCUT2D eigenvalue weighted by Crippen LogP contribution is 2.29. The van der Waals surface area contributed by atoms with Crippen LogP contribution in [0.5, 0.6) is 0 Å². The van der Waals surface area contributed by atoms with Crippen LogP contribution in [0.4, 0.5) is 5.69 Å². The number of hydrogen-bond acceptors (Lipinski definition) is 2. The van der Waals surface area contributed by atoms with Gasteiger partial charge in [-0.2, -0.15) is 0 Å². The van der Waals surface area contributed by atoms with Gasteiger partial charge in [0.25, 0.3) is 0 Å². The Morgan fingerprint density at radius 2 is 1.44 bits per heavy atom. The summed E-state index contributed by atoms with van der Waals surface area (Å²) in [6.07, 6.45) is 5.50. The van der Waals surface area contributed by atoms with Gasteiger partial charge in [-0.1, -0.05) is 59.7 Å². The summed E-state index contributed by atoms with van der Waals surface area (Å²) in [6, 6.07) is 11.6. The van der Waals surface area contributed by atoms with Crippen LogP contribution in [0, 0.1) is 17.8 Å². The fourth-order valence-corrected chi connectivity index (χ4v) is 4.05. The second-order valence-electron chi connectivity index (χ2n) is 8.98. The lowest BCUT2D eigenvalue weighted by Crippen LogP contribution is -2.45. The number of piperidine rings is 2. The van der Waals surface area contributed by atoms with Gasteiger partial charge in [-0.05, 0) is 75.6 Å². The predicted octanol–water partition coefficient (Wildman–Crippen LogP) is 6.71. The molecule has 1 aromatic carbocycles. The first-order valence-electron chi connectivity index (χ1n) is 11.5. The number of hydrogen-bond donors (Lipinski definition) is 0. The van der Waals surface area contributed by atoms with E-state index in [0.29, 0.717) is 6.04 Å². The first kappa shape index (κ1) is 24.0. The molecule has 0 saturated carbocycles. The van der Waals surface area contributed by atoms with Gasteiger partial charge in [0.05, 0.1) is 0 Å². The summed E-state index contributed by atoms with van der Waals surface area (Å²) in [5, 5.41) is 0. The van der Waals surface area contributed by atoms with Crippen molar-refractivity contribution >= 4 is 5.69 Å². The zero-order valence-electron chi connectivity index (χ0n) is 19.2. The summed E-state index contributed by atoms with van der Waals surface area (Å²) < 4.78 is 0. The van der Waals surface area contributed by atoms with Gasteiger partial charge in [0, 0.05) is 24.8 Å². The lowest BCUT2D eigenvalue weighted by molar-refractivity contribution is 0.151. The van der Waals surface area contributed by atoms with Crippen LogP contribution in [0.15, 0.2) is 30.3 Å². The third-order valence-electron chi connectivity index (χ3n) is 5.47. The van der Waals surface area contributed by atoms with Gasteiger partial charge in [0.15, 0.2) is 0 Å². The second kappa shape index (κ2) is 13.2. The molecular weight excluding hydrogens is 328 g/mol. The fraction of sp³-hybridized carbons (Fsp3) is 0.760. The molecule has 0 spiro atoms. The van der Waals surface area contributed by atoms with Crippen LogP contribution in [-0.2, 0) is 0 Å². The Labute approximate surface area is 170 Å². The number of para-hydroxylation sites is 1. The van der Waals surface area contributed by atoms with Crippen molar-refractivity contribution in [1.29, 1.82) is 0 Å². The Hall–Kier alpha value is -1.02. The summed E-state index contributed by atoms with van der Waals surface area (Å²) in [5.74, 6) is 2.67. The molecule has 0 radical (unpaired) electrons. The molecule has 1 aromatic rings. The average molecular weight is 375 g/mol. The van der Waals surface area contributed by atoms with Gasteiger partial charge in [-0.25, -0.2) is 0 Å². The largest absolute Gasteiger partial charge is 0.369 e. The van der Waals surface area contributed by atoms with Crippen molar-refractivity contribution in [3.63, 3.8) is 0 Å². The molecule has 0 aliphatic carbocycles. The Bertz CT molecular complexity index is 460. The summed E-state index contributed by atoms with van der Waals surface area (Å²) in [6.45, 7) is 20.5. The van der Waals surface area contributed by atoms with Gasteiger partial charge < -0.3 is 9.80 Å². The molecule has 2 aliphatic rings. The molecule has 0 amide bonds. The minimum absolute atomic E-state index is 0.676. The van der Waals surface area contributed by atoms with E-state index in [1.165, 1.54) is 57.5 Å². The van der Waals surface area contributed by atoms with Crippen molar-refractivity contribution < 1.29 is 0 Å². The normalized spacial score (nSPS) is 23.9. The number of benzene rings is 1. The lowest BCUT2D eigenvalue weighted by Gasteiger charge is -2.41. The van der Waals surface area contributed by atoms with Crippen molar-refractivity contribution in [2.75, 3.05) is 31.1 Å². The lowest BCUT2D eigenvalue weighted by atomic mass is 9.89. The zero-order valence-corrected chi connectivity index (χ0v) is 19.2. The predicted molar refractivity (Wildman–Crippen MR) is 123 cm³/mol. The van der Waals surface area contributed by atoms with E-state index in [9.17, 15) is 0 Å². The molecule has 2 saturated heterocycles.